The summed E-state index contributed by atoms with van der Waals surface area (Å²) in [7, 11) is 3.45. The maximum absolute atomic E-state index is 5.65. The Bertz CT molecular complexity index is 634. The molecule has 128 valence electrons. The van der Waals surface area contributed by atoms with Crippen molar-refractivity contribution in [3.05, 3.63) is 59.7 Å². The lowest BCUT2D eigenvalue weighted by molar-refractivity contribution is 0.236. The van der Waals surface area contributed by atoms with Gasteiger partial charge in [-0.15, -0.1) is 0 Å². The Hall–Kier alpha value is -2.04. The smallest absolute Gasteiger partial charge is 0.123 e. The highest BCUT2D eigenvalue weighted by molar-refractivity contribution is 5.43. The summed E-state index contributed by atoms with van der Waals surface area (Å²) in [5, 5.41) is 3.49. The third-order valence-corrected chi connectivity index (χ3v) is 4.60. The molecule has 0 amide bonds. The number of benzene rings is 2. The highest BCUT2D eigenvalue weighted by atomic mass is 16.5. The van der Waals surface area contributed by atoms with Gasteiger partial charge in [0.05, 0.1) is 20.3 Å². The zero-order chi connectivity index (χ0) is 16.8. The standard InChI is InChI=1S/C20H26N2O2/c1-23-17-10-8-16(9-11-17)20(22-14-5-12-21-13-15-22)18-6-3-4-7-19(18)24-2/h3-4,6-11,20-21H,5,12-15H2,1-2H3. The number of nitrogens with zero attached hydrogens (tertiary/aromatic N) is 1. The van der Waals surface area contributed by atoms with Crippen molar-refractivity contribution in [1.82, 2.24) is 10.2 Å². The lowest BCUT2D eigenvalue weighted by atomic mass is 9.95. The molecule has 3 rings (SSSR count). The first-order valence-electron chi connectivity index (χ1n) is 8.55. The summed E-state index contributed by atoms with van der Waals surface area (Å²) in [4.78, 5) is 2.54. The molecule has 1 aliphatic heterocycles. The van der Waals surface area contributed by atoms with Gasteiger partial charge in [0.15, 0.2) is 0 Å². The van der Waals surface area contributed by atoms with Gasteiger partial charge in [-0.3, -0.25) is 4.90 Å². The van der Waals surface area contributed by atoms with Crippen molar-refractivity contribution in [2.75, 3.05) is 40.4 Å². The molecular weight excluding hydrogens is 300 g/mol. The summed E-state index contributed by atoms with van der Waals surface area (Å²) in [5.41, 5.74) is 2.48. The van der Waals surface area contributed by atoms with E-state index in [0.717, 1.165) is 44.1 Å². The third kappa shape index (κ3) is 3.71. The summed E-state index contributed by atoms with van der Waals surface area (Å²) in [6.07, 6.45) is 1.15. The molecule has 1 heterocycles. The largest absolute Gasteiger partial charge is 0.497 e. The van der Waals surface area contributed by atoms with E-state index in [-0.39, 0.29) is 6.04 Å². The van der Waals surface area contributed by atoms with Crippen LogP contribution in [0.3, 0.4) is 0 Å². The van der Waals surface area contributed by atoms with Gasteiger partial charge in [0.1, 0.15) is 11.5 Å². The molecule has 0 aromatic heterocycles. The molecule has 1 saturated heterocycles. The summed E-state index contributed by atoms with van der Waals surface area (Å²) in [5.74, 6) is 1.82. The molecule has 0 aliphatic carbocycles. The molecule has 1 fully saturated rings. The van der Waals surface area contributed by atoms with E-state index in [9.17, 15) is 0 Å². The van der Waals surface area contributed by atoms with Gasteiger partial charge in [-0.05, 0) is 36.7 Å². The van der Waals surface area contributed by atoms with Crippen molar-refractivity contribution in [3.8, 4) is 11.5 Å². The highest BCUT2D eigenvalue weighted by Gasteiger charge is 2.25. The molecule has 4 heteroatoms. The number of para-hydroxylation sites is 1. The molecule has 2 aromatic rings. The number of ether oxygens (including phenoxy) is 2. The minimum atomic E-state index is 0.187. The first kappa shape index (κ1) is 16.8. The van der Waals surface area contributed by atoms with Crippen LogP contribution in [0.25, 0.3) is 0 Å². The Labute approximate surface area is 144 Å². The Morgan fingerprint density at radius 1 is 0.917 bits per heavy atom. The predicted octanol–water partition coefficient (Wildman–Crippen LogP) is 3.09. The van der Waals surface area contributed by atoms with Crippen LogP contribution in [0.4, 0.5) is 0 Å². The molecule has 1 N–H and O–H groups in total. The van der Waals surface area contributed by atoms with Gasteiger partial charge in [-0.1, -0.05) is 30.3 Å². The maximum atomic E-state index is 5.65. The van der Waals surface area contributed by atoms with Crippen LogP contribution in [0.15, 0.2) is 48.5 Å². The van der Waals surface area contributed by atoms with Gasteiger partial charge in [0.2, 0.25) is 0 Å². The van der Waals surface area contributed by atoms with Crippen molar-refractivity contribution in [2.45, 2.75) is 12.5 Å². The van der Waals surface area contributed by atoms with Crippen LogP contribution in [-0.2, 0) is 0 Å². The monoisotopic (exact) mass is 326 g/mol. The summed E-state index contributed by atoms with van der Waals surface area (Å²) in [6.45, 7) is 4.19. The molecule has 0 saturated carbocycles. The number of hydrogen-bond acceptors (Lipinski definition) is 4. The first-order chi connectivity index (χ1) is 11.8. The SMILES string of the molecule is COc1ccc(C(c2ccccc2OC)N2CCCNCC2)cc1. The number of hydrogen-bond donors (Lipinski definition) is 1. The minimum absolute atomic E-state index is 0.187. The van der Waals surface area contributed by atoms with Crippen LogP contribution in [0.5, 0.6) is 11.5 Å². The third-order valence-electron chi connectivity index (χ3n) is 4.60. The molecule has 4 nitrogen and oxygen atoms in total. The van der Waals surface area contributed by atoms with Crippen LogP contribution in [0, 0.1) is 0 Å². The summed E-state index contributed by atoms with van der Waals surface area (Å²) in [6, 6.07) is 16.9. The molecular formula is C20H26N2O2. The summed E-state index contributed by atoms with van der Waals surface area (Å²) < 4.78 is 11.0. The second-order valence-corrected chi connectivity index (χ2v) is 6.06. The lowest BCUT2D eigenvalue weighted by Crippen LogP contribution is -2.33. The Morgan fingerprint density at radius 2 is 1.71 bits per heavy atom. The van der Waals surface area contributed by atoms with E-state index in [2.05, 4.69) is 34.5 Å². The fraction of sp³-hybridized carbons (Fsp3) is 0.400. The van der Waals surface area contributed by atoms with Crippen LogP contribution < -0.4 is 14.8 Å². The topological polar surface area (TPSA) is 33.7 Å². The normalized spacial score (nSPS) is 17.1. The van der Waals surface area contributed by atoms with Crippen molar-refractivity contribution >= 4 is 0 Å². The molecule has 1 atom stereocenters. The zero-order valence-corrected chi connectivity index (χ0v) is 14.5. The van der Waals surface area contributed by atoms with E-state index in [1.54, 1.807) is 14.2 Å². The Kier molecular flexibility index (Phi) is 5.72. The van der Waals surface area contributed by atoms with Crippen molar-refractivity contribution in [2.24, 2.45) is 0 Å². The van der Waals surface area contributed by atoms with Crippen molar-refractivity contribution in [3.63, 3.8) is 0 Å². The van der Waals surface area contributed by atoms with Crippen molar-refractivity contribution in [1.29, 1.82) is 0 Å². The van der Waals surface area contributed by atoms with Gasteiger partial charge >= 0.3 is 0 Å². The van der Waals surface area contributed by atoms with Gasteiger partial charge < -0.3 is 14.8 Å². The zero-order valence-electron chi connectivity index (χ0n) is 14.5. The highest BCUT2D eigenvalue weighted by Crippen LogP contribution is 2.35. The van der Waals surface area contributed by atoms with E-state index in [4.69, 9.17) is 9.47 Å². The molecule has 0 spiro atoms. The van der Waals surface area contributed by atoms with E-state index in [1.807, 2.05) is 24.3 Å². The number of nitrogens with one attached hydrogen (secondary N) is 1. The van der Waals surface area contributed by atoms with Crippen LogP contribution in [-0.4, -0.2) is 45.3 Å². The van der Waals surface area contributed by atoms with Gasteiger partial charge in [0.25, 0.3) is 0 Å². The number of rotatable bonds is 5. The Balaban J connectivity index is 2.01. The van der Waals surface area contributed by atoms with Crippen LogP contribution in [0.1, 0.15) is 23.6 Å². The maximum Gasteiger partial charge on any atom is 0.123 e. The van der Waals surface area contributed by atoms with E-state index >= 15 is 0 Å². The van der Waals surface area contributed by atoms with E-state index in [0.29, 0.717) is 0 Å². The minimum Gasteiger partial charge on any atom is -0.497 e. The van der Waals surface area contributed by atoms with Crippen LogP contribution in [0.2, 0.25) is 0 Å². The fourth-order valence-electron chi connectivity index (χ4n) is 3.39. The quantitative estimate of drug-likeness (QED) is 0.915. The Morgan fingerprint density at radius 3 is 2.46 bits per heavy atom. The second-order valence-electron chi connectivity index (χ2n) is 6.06. The lowest BCUT2D eigenvalue weighted by Gasteiger charge is -2.32. The summed E-state index contributed by atoms with van der Waals surface area (Å²) >= 11 is 0. The molecule has 2 aromatic carbocycles. The van der Waals surface area contributed by atoms with Gasteiger partial charge in [-0.2, -0.15) is 0 Å². The van der Waals surface area contributed by atoms with Crippen LogP contribution >= 0.6 is 0 Å². The van der Waals surface area contributed by atoms with Gasteiger partial charge in [-0.25, -0.2) is 0 Å². The average molecular weight is 326 g/mol. The molecule has 24 heavy (non-hydrogen) atoms. The molecule has 1 unspecified atom stereocenters. The van der Waals surface area contributed by atoms with Crippen molar-refractivity contribution < 1.29 is 9.47 Å². The second kappa shape index (κ2) is 8.18. The molecule has 0 radical (unpaired) electrons. The van der Waals surface area contributed by atoms with Gasteiger partial charge in [0, 0.05) is 25.2 Å². The average Bonchev–Trinajstić information content (AvgIpc) is 2.92. The predicted molar refractivity (Wildman–Crippen MR) is 96.9 cm³/mol. The first-order valence-corrected chi connectivity index (χ1v) is 8.55. The van der Waals surface area contributed by atoms with E-state index in [1.165, 1.54) is 11.1 Å². The molecule has 1 aliphatic rings. The number of methoxy groups -OCH3 is 2. The molecule has 0 bridgehead atoms. The fourth-order valence-corrected chi connectivity index (χ4v) is 3.39. The van der Waals surface area contributed by atoms with E-state index < -0.39 is 0 Å².